The molecule has 0 radical (unpaired) electrons. The van der Waals surface area contributed by atoms with Gasteiger partial charge in [0.05, 0.1) is 0 Å². The first kappa shape index (κ1) is 11.1. The van der Waals surface area contributed by atoms with E-state index in [1.807, 2.05) is 26.4 Å². The summed E-state index contributed by atoms with van der Waals surface area (Å²) in [5, 5.41) is 3.29. The topological polar surface area (TPSA) is 37.8 Å². The Hall–Kier alpha value is -0.960. The van der Waals surface area contributed by atoms with Crippen molar-refractivity contribution in [1.29, 1.82) is 0 Å². The predicted octanol–water partition coefficient (Wildman–Crippen LogP) is 1.72. The van der Waals surface area contributed by atoms with Crippen molar-refractivity contribution in [2.45, 2.75) is 39.2 Å². The molecule has 1 heterocycles. The van der Waals surface area contributed by atoms with Crippen molar-refractivity contribution >= 4 is 0 Å². The van der Waals surface area contributed by atoms with Crippen LogP contribution in [0.15, 0.2) is 12.4 Å². The molecule has 0 amide bonds. The van der Waals surface area contributed by atoms with Gasteiger partial charge in [-0.2, -0.15) is 0 Å². The highest BCUT2D eigenvalue weighted by atomic mass is 14.9. The van der Waals surface area contributed by atoms with Gasteiger partial charge in [0, 0.05) is 24.9 Å². The first-order valence-electron chi connectivity index (χ1n) is 5.21. The predicted molar refractivity (Wildman–Crippen MR) is 58.2 cm³/mol. The molecule has 78 valence electrons. The smallest absolute Gasteiger partial charge is 0.129 e. The zero-order chi connectivity index (χ0) is 10.4. The third kappa shape index (κ3) is 3.42. The molecule has 0 saturated heterocycles. The Balaban J connectivity index is 2.53. The lowest BCUT2D eigenvalue weighted by molar-refractivity contribution is 0.503. The van der Waals surface area contributed by atoms with E-state index in [9.17, 15) is 0 Å². The van der Waals surface area contributed by atoms with Crippen molar-refractivity contribution in [1.82, 2.24) is 15.3 Å². The fraction of sp³-hybridized carbons (Fsp3) is 0.636. The molecule has 1 aromatic rings. The van der Waals surface area contributed by atoms with Crippen molar-refractivity contribution < 1.29 is 0 Å². The van der Waals surface area contributed by atoms with Gasteiger partial charge in [-0.1, -0.05) is 13.3 Å². The van der Waals surface area contributed by atoms with Gasteiger partial charge in [-0.05, 0) is 26.0 Å². The van der Waals surface area contributed by atoms with E-state index in [1.165, 1.54) is 12.8 Å². The molecule has 0 fully saturated rings. The maximum atomic E-state index is 4.30. The molecule has 0 spiro atoms. The van der Waals surface area contributed by atoms with Gasteiger partial charge in [-0.15, -0.1) is 0 Å². The molecule has 14 heavy (non-hydrogen) atoms. The molecule has 3 nitrogen and oxygen atoms in total. The van der Waals surface area contributed by atoms with Gasteiger partial charge in [0.25, 0.3) is 0 Å². The number of rotatable bonds is 5. The highest BCUT2D eigenvalue weighted by Crippen LogP contribution is 2.03. The molecule has 3 heteroatoms. The van der Waals surface area contributed by atoms with Crippen LogP contribution in [0.3, 0.4) is 0 Å². The van der Waals surface area contributed by atoms with Gasteiger partial charge in [-0.3, -0.25) is 0 Å². The molecular weight excluding hydrogens is 174 g/mol. The number of likely N-dealkylation sites (N-methyl/N-ethyl adjacent to an activating group) is 1. The van der Waals surface area contributed by atoms with Crippen LogP contribution in [-0.4, -0.2) is 23.1 Å². The number of hydrogen-bond donors (Lipinski definition) is 1. The number of aromatic nitrogens is 2. The Morgan fingerprint density at radius 3 is 2.50 bits per heavy atom. The molecule has 1 aromatic heterocycles. The summed E-state index contributed by atoms with van der Waals surface area (Å²) in [5.41, 5.74) is 1.12. The summed E-state index contributed by atoms with van der Waals surface area (Å²) in [4.78, 5) is 8.59. The Morgan fingerprint density at radius 2 is 2.00 bits per heavy atom. The number of nitrogens with zero attached hydrogens (tertiary/aromatic N) is 2. The molecule has 1 atom stereocenters. The van der Waals surface area contributed by atoms with Crippen molar-refractivity contribution in [3.63, 3.8) is 0 Å². The van der Waals surface area contributed by atoms with E-state index in [2.05, 4.69) is 22.2 Å². The Labute approximate surface area is 86.0 Å². The van der Waals surface area contributed by atoms with E-state index in [0.29, 0.717) is 6.04 Å². The van der Waals surface area contributed by atoms with E-state index >= 15 is 0 Å². The van der Waals surface area contributed by atoms with E-state index in [0.717, 1.165) is 17.8 Å². The van der Waals surface area contributed by atoms with Crippen molar-refractivity contribution in [3.05, 3.63) is 23.8 Å². The maximum absolute atomic E-state index is 4.30. The quantitative estimate of drug-likeness (QED) is 0.773. The number of hydrogen-bond acceptors (Lipinski definition) is 3. The molecule has 0 saturated carbocycles. The lowest BCUT2D eigenvalue weighted by Crippen LogP contribution is -2.28. The molecule has 1 unspecified atom stereocenters. The van der Waals surface area contributed by atoms with Gasteiger partial charge in [-0.25, -0.2) is 9.97 Å². The van der Waals surface area contributed by atoms with Crippen LogP contribution in [0.5, 0.6) is 0 Å². The van der Waals surface area contributed by atoms with Gasteiger partial charge in [0.2, 0.25) is 0 Å². The van der Waals surface area contributed by atoms with Crippen LogP contribution >= 0.6 is 0 Å². The minimum atomic E-state index is 0.503. The van der Waals surface area contributed by atoms with Crippen LogP contribution in [0.1, 0.15) is 31.2 Å². The van der Waals surface area contributed by atoms with Crippen molar-refractivity contribution in [2.24, 2.45) is 0 Å². The minimum Gasteiger partial charge on any atom is -0.317 e. The molecule has 0 aliphatic carbocycles. The molecule has 0 aliphatic heterocycles. The van der Waals surface area contributed by atoms with Gasteiger partial charge in [0.1, 0.15) is 5.82 Å². The zero-order valence-corrected chi connectivity index (χ0v) is 9.25. The average Bonchev–Trinajstić information content (AvgIpc) is 2.20. The highest BCUT2D eigenvalue weighted by Gasteiger charge is 2.07. The lowest BCUT2D eigenvalue weighted by atomic mass is 10.1. The summed E-state index contributed by atoms with van der Waals surface area (Å²) >= 11 is 0. The van der Waals surface area contributed by atoms with Crippen LogP contribution in [0.2, 0.25) is 0 Å². The summed E-state index contributed by atoms with van der Waals surface area (Å²) < 4.78 is 0. The van der Waals surface area contributed by atoms with Crippen LogP contribution in [-0.2, 0) is 6.42 Å². The van der Waals surface area contributed by atoms with Gasteiger partial charge in [0.15, 0.2) is 0 Å². The number of nitrogens with one attached hydrogen (secondary N) is 1. The van der Waals surface area contributed by atoms with Gasteiger partial charge < -0.3 is 5.32 Å². The average molecular weight is 193 g/mol. The van der Waals surface area contributed by atoms with E-state index in [-0.39, 0.29) is 0 Å². The molecule has 0 aliphatic rings. The summed E-state index contributed by atoms with van der Waals surface area (Å²) in [6, 6.07) is 0.503. The zero-order valence-electron chi connectivity index (χ0n) is 9.25. The largest absolute Gasteiger partial charge is 0.317 e. The van der Waals surface area contributed by atoms with E-state index < -0.39 is 0 Å². The fourth-order valence-electron chi connectivity index (χ4n) is 1.44. The summed E-state index contributed by atoms with van der Waals surface area (Å²) in [6.45, 7) is 4.20. The fourth-order valence-corrected chi connectivity index (χ4v) is 1.44. The molecule has 0 bridgehead atoms. The summed E-state index contributed by atoms with van der Waals surface area (Å²) in [6.07, 6.45) is 7.04. The van der Waals surface area contributed by atoms with Crippen LogP contribution in [0.4, 0.5) is 0 Å². The third-order valence-electron chi connectivity index (χ3n) is 2.31. The highest BCUT2D eigenvalue weighted by molar-refractivity contribution is 5.02. The van der Waals surface area contributed by atoms with E-state index in [4.69, 9.17) is 0 Å². The summed E-state index contributed by atoms with van der Waals surface area (Å²) in [7, 11) is 1.99. The first-order valence-corrected chi connectivity index (χ1v) is 5.21. The Kier molecular flexibility index (Phi) is 4.53. The Morgan fingerprint density at radius 1 is 1.36 bits per heavy atom. The lowest BCUT2D eigenvalue weighted by Gasteiger charge is -2.13. The Bertz CT molecular complexity index is 256. The summed E-state index contributed by atoms with van der Waals surface area (Å²) in [5.74, 6) is 0.934. The van der Waals surface area contributed by atoms with Crippen LogP contribution < -0.4 is 5.32 Å². The van der Waals surface area contributed by atoms with Crippen molar-refractivity contribution in [3.8, 4) is 0 Å². The second kappa shape index (κ2) is 5.70. The minimum absolute atomic E-state index is 0.503. The molecular formula is C11H19N3. The molecule has 0 aromatic carbocycles. The second-order valence-electron chi connectivity index (χ2n) is 3.66. The number of aryl methyl sites for hydroxylation is 1. The monoisotopic (exact) mass is 193 g/mol. The van der Waals surface area contributed by atoms with Gasteiger partial charge >= 0.3 is 0 Å². The standard InChI is InChI=1S/C11H19N3/c1-4-5-10(12-3)6-11-13-7-9(2)8-14-11/h7-8,10,12H,4-6H2,1-3H3. The maximum Gasteiger partial charge on any atom is 0.129 e. The van der Waals surface area contributed by atoms with Crippen LogP contribution in [0.25, 0.3) is 0 Å². The molecule has 1 rings (SSSR count). The van der Waals surface area contributed by atoms with E-state index in [1.54, 1.807) is 0 Å². The first-order chi connectivity index (χ1) is 6.76. The SMILES string of the molecule is CCCC(Cc1ncc(C)cn1)NC. The van der Waals surface area contributed by atoms with Crippen LogP contribution in [0, 0.1) is 6.92 Å². The third-order valence-corrected chi connectivity index (χ3v) is 2.31. The molecule has 1 N–H and O–H groups in total. The normalized spacial score (nSPS) is 12.8. The van der Waals surface area contributed by atoms with Crippen molar-refractivity contribution in [2.75, 3.05) is 7.05 Å². The second-order valence-corrected chi connectivity index (χ2v) is 3.66.